The van der Waals surface area contributed by atoms with Crippen LogP contribution in [0.25, 0.3) is 0 Å². The summed E-state index contributed by atoms with van der Waals surface area (Å²) >= 11 is 0. The molecule has 0 unspecified atom stereocenters. The number of imidazole rings is 1. The van der Waals surface area contributed by atoms with E-state index in [2.05, 4.69) is 4.98 Å². The van der Waals surface area contributed by atoms with Crippen molar-refractivity contribution in [3.05, 3.63) is 53.1 Å². The molecule has 5 heteroatoms. The van der Waals surface area contributed by atoms with Gasteiger partial charge in [0.25, 0.3) is 0 Å². The molecule has 0 saturated heterocycles. The second kappa shape index (κ2) is 4.44. The molecule has 0 bridgehead atoms. The maximum absolute atomic E-state index is 12.4. The van der Waals surface area contributed by atoms with Crippen LogP contribution >= 0.6 is 0 Å². The van der Waals surface area contributed by atoms with Gasteiger partial charge < -0.3 is 9.30 Å². The molecular formula is C14H12N2O3. The van der Waals surface area contributed by atoms with Crippen LogP contribution in [0, 0.1) is 0 Å². The van der Waals surface area contributed by atoms with Crippen molar-refractivity contribution < 1.29 is 14.3 Å². The van der Waals surface area contributed by atoms with Gasteiger partial charge in [-0.05, 0) is 0 Å². The average Bonchev–Trinajstić information content (AvgIpc) is 2.87. The molecular weight excluding hydrogens is 244 g/mol. The molecule has 0 aliphatic heterocycles. The van der Waals surface area contributed by atoms with Crippen molar-refractivity contribution in [1.82, 2.24) is 9.55 Å². The van der Waals surface area contributed by atoms with Crippen LogP contribution in [-0.4, -0.2) is 34.8 Å². The van der Waals surface area contributed by atoms with Crippen LogP contribution in [0.1, 0.15) is 32.1 Å². The minimum atomic E-state index is -0.193. The monoisotopic (exact) mass is 256 g/mol. The second-order valence-corrected chi connectivity index (χ2v) is 4.33. The highest BCUT2D eigenvalue weighted by Crippen LogP contribution is 2.26. The minimum absolute atomic E-state index is 0.154. The summed E-state index contributed by atoms with van der Waals surface area (Å²) in [5.41, 5.74) is 1.47. The van der Waals surface area contributed by atoms with Crippen molar-refractivity contribution >= 4 is 11.6 Å². The van der Waals surface area contributed by atoms with Gasteiger partial charge in [-0.15, -0.1) is 0 Å². The van der Waals surface area contributed by atoms with E-state index in [4.69, 9.17) is 4.74 Å². The lowest BCUT2D eigenvalue weighted by Crippen LogP contribution is -2.23. The highest BCUT2D eigenvalue weighted by atomic mass is 16.5. The van der Waals surface area contributed by atoms with Gasteiger partial charge in [-0.3, -0.25) is 9.59 Å². The van der Waals surface area contributed by atoms with Crippen molar-refractivity contribution in [2.24, 2.45) is 0 Å². The summed E-state index contributed by atoms with van der Waals surface area (Å²) < 4.78 is 6.67. The molecule has 0 amide bonds. The summed E-state index contributed by atoms with van der Waals surface area (Å²) in [4.78, 5) is 28.8. The first-order valence-corrected chi connectivity index (χ1v) is 5.96. The maximum atomic E-state index is 12.4. The predicted molar refractivity (Wildman–Crippen MR) is 67.4 cm³/mol. The minimum Gasteiger partial charge on any atom is -0.383 e. The summed E-state index contributed by atoms with van der Waals surface area (Å²) in [6.07, 6.45) is 1.52. The number of ether oxygens (including phenoxy) is 1. The number of carbonyl (C=O) groups excluding carboxylic acids is 2. The topological polar surface area (TPSA) is 61.2 Å². The van der Waals surface area contributed by atoms with Crippen molar-refractivity contribution in [1.29, 1.82) is 0 Å². The van der Waals surface area contributed by atoms with Gasteiger partial charge in [-0.1, -0.05) is 24.3 Å². The number of hydrogen-bond acceptors (Lipinski definition) is 4. The summed E-state index contributed by atoms with van der Waals surface area (Å²) in [7, 11) is 1.59. The van der Waals surface area contributed by atoms with E-state index in [1.165, 1.54) is 6.33 Å². The van der Waals surface area contributed by atoms with Crippen LogP contribution in [0.3, 0.4) is 0 Å². The van der Waals surface area contributed by atoms with E-state index >= 15 is 0 Å². The molecule has 0 saturated carbocycles. The Labute approximate surface area is 109 Å². The van der Waals surface area contributed by atoms with Crippen molar-refractivity contribution in [2.75, 3.05) is 13.7 Å². The molecule has 1 aromatic heterocycles. The largest absolute Gasteiger partial charge is 0.383 e. The molecule has 0 atom stereocenters. The zero-order valence-electron chi connectivity index (χ0n) is 10.4. The van der Waals surface area contributed by atoms with Crippen LogP contribution in [0.2, 0.25) is 0 Å². The van der Waals surface area contributed by atoms with E-state index in [-0.39, 0.29) is 17.3 Å². The molecule has 0 fully saturated rings. The third-order valence-corrected chi connectivity index (χ3v) is 3.22. The van der Waals surface area contributed by atoms with Gasteiger partial charge in [0.2, 0.25) is 11.6 Å². The Bertz CT molecular complexity index is 673. The number of nitrogens with zero attached hydrogens (tertiary/aromatic N) is 2. The lowest BCUT2D eigenvalue weighted by Gasteiger charge is -2.15. The van der Waals surface area contributed by atoms with Gasteiger partial charge in [0.1, 0.15) is 11.4 Å². The normalized spacial score (nSPS) is 13.3. The molecule has 1 aliphatic rings. The molecule has 0 N–H and O–H groups in total. The Balaban J connectivity index is 2.12. The SMILES string of the molecule is COCCn1cnc2c1C(=O)c1ccccc1C2=O. The third kappa shape index (κ3) is 1.70. The number of benzene rings is 1. The molecule has 0 radical (unpaired) electrons. The Morgan fingerprint density at radius 2 is 1.84 bits per heavy atom. The van der Waals surface area contributed by atoms with E-state index in [0.29, 0.717) is 30.0 Å². The first-order chi connectivity index (χ1) is 9.24. The fourth-order valence-corrected chi connectivity index (χ4v) is 2.28. The van der Waals surface area contributed by atoms with Crippen molar-refractivity contribution in [3.63, 3.8) is 0 Å². The van der Waals surface area contributed by atoms with Crippen molar-refractivity contribution in [3.8, 4) is 0 Å². The lowest BCUT2D eigenvalue weighted by atomic mass is 9.90. The highest BCUT2D eigenvalue weighted by molar-refractivity contribution is 6.27. The summed E-state index contributed by atoms with van der Waals surface area (Å²) in [6.45, 7) is 0.964. The number of rotatable bonds is 3. The Kier molecular flexibility index (Phi) is 2.76. The van der Waals surface area contributed by atoms with Crippen LogP contribution in [0.5, 0.6) is 0 Å². The average molecular weight is 256 g/mol. The Morgan fingerprint density at radius 3 is 2.53 bits per heavy atom. The molecule has 2 aromatic rings. The zero-order valence-corrected chi connectivity index (χ0v) is 10.4. The molecule has 19 heavy (non-hydrogen) atoms. The molecule has 96 valence electrons. The Hall–Kier alpha value is -2.27. The Morgan fingerprint density at radius 1 is 1.16 bits per heavy atom. The quantitative estimate of drug-likeness (QED) is 0.708. The maximum Gasteiger partial charge on any atom is 0.214 e. The van der Waals surface area contributed by atoms with E-state index in [9.17, 15) is 9.59 Å². The third-order valence-electron chi connectivity index (χ3n) is 3.22. The molecule has 1 aromatic carbocycles. The predicted octanol–water partition coefficient (Wildman–Crippen LogP) is 1.30. The van der Waals surface area contributed by atoms with E-state index in [1.54, 1.807) is 35.9 Å². The molecule has 1 aliphatic carbocycles. The van der Waals surface area contributed by atoms with E-state index in [0.717, 1.165) is 0 Å². The first-order valence-electron chi connectivity index (χ1n) is 5.96. The van der Waals surface area contributed by atoms with Gasteiger partial charge in [0.15, 0.2) is 0 Å². The van der Waals surface area contributed by atoms with Gasteiger partial charge in [0, 0.05) is 24.8 Å². The smallest absolute Gasteiger partial charge is 0.214 e. The molecule has 3 rings (SSSR count). The van der Waals surface area contributed by atoms with Gasteiger partial charge in [-0.2, -0.15) is 0 Å². The first kappa shape index (κ1) is 11.8. The van der Waals surface area contributed by atoms with E-state index in [1.807, 2.05) is 0 Å². The van der Waals surface area contributed by atoms with Crippen LogP contribution in [-0.2, 0) is 11.3 Å². The fourth-order valence-electron chi connectivity index (χ4n) is 2.28. The summed E-state index contributed by atoms with van der Waals surface area (Å²) in [5, 5.41) is 0. The molecule has 5 nitrogen and oxygen atoms in total. The van der Waals surface area contributed by atoms with Crippen LogP contribution in [0.4, 0.5) is 0 Å². The molecule has 0 spiro atoms. The number of hydrogen-bond donors (Lipinski definition) is 0. The number of aromatic nitrogens is 2. The number of ketones is 2. The lowest BCUT2D eigenvalue weighted by molar-refractivity contribution is 0.0969. The van der Waals surface area contributed by atoms with Crippen molar-refractivity contribution in [2.45, 2.75) is 6.54 Å². The van der Waals surface area contributed by atoms with Crippen LogP contribution < -0.4 is 0 Å². The highest BCUT2D eigenvalue weighted by Gasteiger charge is 2.33. The fraction of sp³-hybridized carbons (Fsp3) is 0.214. The van der Waals surface area contributed by atoms with E-state index < -0.39 is 0 Å². The summed E-state index contributed by atoms with van der Waals surface area (Å²) in [5.74, 6) is -0.347. The standard InChI is InChI=1S/C14H12N2O3/c1-19-7-6-16-8-15-11-12(16)14(18)10-5-3-2-4-9(10)13(11)17/h2-5,8H,6-7H2,1H3. The number of methoxy groups -OCH3 is 1. The number of carbonyl (C=O) groups is 2. The van der Waals surface area contributed by atoms with Gasteiger partial charge in [-0.25, -0.2) is 4.98 Å². The second-order valence-electron chi connectivity index (χ2n) is 4.33. The number of fused-ring (bicyclic) bond motifs is 2. The summed E-state index contributed by atoms with van der Waals surface area (Å²) in [6, 6.07) is 6.83. The van der Waals surface area contributed by atoms with Gasteiger partial charge in [0.05, 0.1) is 12.9 Å². The van der Waals surface area contributed by atoms with Gasteiger partial charge >= 0.3 is 0 Å². The van der Waals surface area contributed by atoms with Crippen LogP contribution in [0.15, 0.2) is 30.6 Å². The zero-order chi connectivity index (χ0) is 13.4. The molecule has 1 heterocycles.